The van der Waals surface area contributed by atoms with Crippen LogP contribution >= 0.6 is 0 Å². The minimum Gasteiger partial charge on any atom is -0.396 e. The second-order valence-corrected chi connectivity index (χ2v) is 7.76. The van der Waals surface area contributed by atoms with Gasteiger partial charge >= 0.3 is 0 Å². The Morgan fingerprint density at radius 1 is 1.17 bits per heavy atom. The summed E-state index contributed by atoms with van der Waals surface area (Å²) in [6.45, 7) is 1.84. The van der Waals surface area contributed by atoms with Crippen LogP contribution in [0, 0.1) is 5.92 Å². The lowest BCUT2D eigenvalue weighted by molar-refractivity contribution is 0.0546. The summed E-state index contributed by atoms with van der Waals surface area (Å²) in [5.41, 5.74) is 3.55. The Labute approximate surface area is 173 Å². The predicted octanol–water partition coefficient (Wildman–Crippen LogP) is 2.30. The molecule has 1 aliphatic heterocycles. The molecule has 2 atom stereocenters. The van der Waals surface area contributed by atoms with Crippen molar-refractivity contribution < 1.29 is 10.2 Å². The normalized spacial score (nSPS) is 19.5. The van der Waals surface area contributed by atoms with Gasteiger partial charge in [0.2, 0.25) is 0 Å². The van der Waals surface area contributed by atoms with E-state index in [2.05, 4.69) is 49.5 Å². The van der Waals surface area contributed by atoms with Crippen LogP contribution in [0.1, 0.15) is 12.0 Å². The van der Waals surface area contributed by atoms with E-state index in [-0.39, 0.29) is 12.5 Å². The predicted molar refractivity (Wildman–Crippen MR) is 116 cm³/mol. The summed E-state index contributed by atoms with van der Waals surface area (Å²) < 4.78 is 0. The van der Waals surface area contributed by atoms with Crippen LogP contribution < -0.4 is 10.2 Å². The maximum Gasteiger partial charge on any atom is 0.182 e. The summed E-state index contributed by atoms with van der Waals surface area (Å²) in [5.74, 6) is 1.36. The number of nitrogens with zero attached hydrogens (tertiary/aromatic N) is 4. The first-order valence-corrected chi connectivity index (χ1v) is 10.2. The molecule has 4 aromatic rings. The number of nitrogens with one attached hydrogen (secondary N) is 2. The number of piperidine rings is 1. The topological polar surface area (TPSA) is 110 Å². The van der Waals surface area contributed by atoms with Crippen molar-refractivity contribution in [2.24, 2.45) is 5.92 Å². The maximum absolute atomic E-state index is 10.2. The molecule has 0 spiro atoms. The third kappa shape index (κ3) is 3.67. The number of hydrogen-bond donors (Lipinski definition) is 4. The molecule has 3 aromatic heterocycles. The molecule has 1 aromatic carbocycles. The van der Waals surface area contributed by atoms with Crippen molar-refractivity contribution in [3.8, 4) is 0 Å². The van der Waals surface area contributed by atoms with Crippen molar-refractivity contribution in [2.75, 3.05) is 29.9 Å². The quantitative estimate of drug-likeness (QED) is 0.404. The van der Waals surface area contributed by atoms with Gasteiger partial charge in [-0.05, 0) is 41.6 Å². The van der Waals surface area contributed by atoms with Crippen molar-refractivity contribution >= 4 is 33.7 Å². The second-order valence-electron chi connectivity index (χ2n) is 7.76. The Kier molecular flexibility index (Phi) is 4.94. The van der Waals surface area contributed by atoms with Crippen LogP contribution in [0.2, 0.25) is 0 Å². The van der Waals surface area contributed by atoms with Crippen molar-refractivity contribution in [2.45, 2.75) is 19.1 Å². The fourth-order valence-corrected chi connectivity index (χ4v) is 3.95. The molecule has 0 bridgehead atoms. The van der Waals surface area contributed by atoms with Crippen LogP contribution in [0.25, 0.3) is 22.1 Å². The van der Waals surface area contributed by atoms with Crippen LogP contribution in [0.4, 0.5) is 11.6 Å². The van der Waals surface area contributed by atoms with Crippen molar-refractivity contribution in [1.82, 2.24) is 19.9 Å². The van der Waals surface area contributed by atoms with E-state index in [1.54, 1.807) is 6.20 Å². The number of pyridine rings is 1. The number of anilines is 2. The molecule has 0 aliphatic carbocycles. The Hall–Kier alpha value is -3.23. The van der Waals surface area contributed by atoms with E-state index in [4.69, 9.17) is 0 Å². The smallest absolute Gasteiger partial charge is 0.182 e. The zero-order valence-electron chi connectivity index (χ0n) is 16.5. The second kappa shape index (κ2) is 7.89. The van der Waals surface area contributed by atoms with Gasteiger partial charge in [-0.25, -0.2) is 15.0 Å². The molecule has 0 saturated carbocycles. The molecule has 4 N–H and O–H groups in total. The van der Waals surface area contributed by atoms with Gasteiger partial charge in [0, 0.05) is 43.9 Å². The molecular formula is C22H24N6O2. The molecule has 0 radical (unpaired) electrons. The third-order valence-electron chi connectivity index (χ3n) is 5.77. The van der Waals surface area contributed by atoms with E-state index in [1.165, 1.54) is 5.39 Å². The number of hydrogen-bond acceptors (Lipinski definition) is 7. The monoisotopic (exact) mass is 404 g/mol. The SMILES string of the molecule is OCC1CCN(c2ccc3ncc(NCc4ccc5cc[nH]c5c4)nc3n2)CC1O. The van der Waals surface area contributed by atoms with Gasteiger partial charge in [0.25, 0.3) is 0 Å². The lowest BCUT2D eigenvalue weighted by atomic mass is 9.95. The highest BCUT2D eigenvalue weighted by atomic mass is 16.3. The first kappa shape index (κ1) is 18.8. The minimum absolute atomic E-state index is 0.0114. The fraction of sp³-hybridized carbons (Fsp3) is 0.318. The highest BCUT2D eigenvalue weighted by Gasteiger charge is 2.27. The average molecular weight is 404 g/mol. The Morgan fingerprint density at radius 2 is 2.10 bits per heavy atom. The highest BCUT2D eigenvalue weighted by molar-refractivity contribution is 5.80. The minimum atomic E-state index is -0.558. The molecule has 1 fully saturated rings. The van der Waals surface area contributed by atoms with Crippen molar-refractivity contribution in [3.63, 3.8) is 0 Å². The molecule has 5 rings (SSSR count). The van der Waals surface area contributed by atoms with Crippen LogP contribution in [0.3, 0.4) is 0 Å². The number of rotatable bonds is 5. The third-order valence-corrected chi connectivity index (χ3v) is 5.77. The lowest BCUT2D eigenvalue weighted by Crippen LogP contribution is -2.45. The van der Waals surface area contributed by atoms with Crippen molar-refractivity contribution in [1.29, 1.82) is 0 Å². The van der Waals surface area contributed by atoms with E-state index < -0.39 is 6.10 Å². The Balaban J connectivity index is 1.33. The molecule has 1 saturated heterocycles. The van der Waals surface area contributed by atoms with Crippen LogP contribution in [0.5, 0.6) is 0 Å². The van der Waals surface area contributed by atoms with Crippen molar-refractivity contribution in [3.05, 3.63) is 54.4 Å². The largest absolute Gasteiger partial charge is 0.396 e. The fourth-order valence-electron chi connectivity index (χ4n) is 3.95. The average Bonchev–Trinajstić information content (AvgIpc) is 3.25. The van der Waals surface area contributed by atoms with E-state index in [0.717, 1.165) is 35.4 Å². The number of aromatic amines is 1. The molecule has 154 valence electrons. The van der Waals surface area contributed by atoms with E-state index in [1.807, 2.05) is 23.2 Å². The van der Waals surface area contributed by atoms with E-state index in [0.29, 0.717) is 24.6 Å². The maximum atomic E-state index is 10.2. The van der Waals surface area contributed by atoms with Crippen LogP contribution in [0.15, 0.2) is 48.8 Å². The number of fused-ring (bicyclic) bond motifs is 2. The molecular weight excluding hydrogens is 380 g/mol. The van der Waals surface area contributed by atoms with Gasteiger partial charge in [0.05, 0.1) is 12.3 Å². The Bertz CT molecular complexity index is 1180. The summed E-state index contributed by atoms with van der Waals surface area (Å²) in [4.78, 5) is 19.0. The lowest BCUT2D eigenvalue weighted by Gasteiger charge is -2.35. The van der Waals surface area contributed by atoms with Gasteiger partial charge < -0.3 is 25.4 Å². The van der Waals surface area contributed by atoms with Gasteiger partial charge in [-0.2, -0.15) is 0 Å². The summed E-state index contributed by atoms with van der Waals surface area (Å²) in [6.07, 6.45) is 3.83. The number of β-amino-alcohol motifs (C(OH)–C–C–N with tert-alkyl or cyclic N) is 1. The molecule has 1 aliphatic rings. The molecule has 8 heteroatoms. The Morgan fingerprint density at radius 3 is 2.97 bits per heavy atom. The molecule has 4 heterocycles. The summed E-state index contributed by atoms with van der Waals surface area (Å²) in [5, 5.41) is 24.1. The van der Waals surface area contributed by atoms with E-state index >= 15 is 0 Å². The summed E-state index contributed by atoms with van der Waals surface area (Å²) in [6, 6.07) is 12.2. The zero-order chi connectivity index (χ0) is 20.5. The first-order valence-electron chi connectivity index (χ1n) is 10.2. The number of aliphatic hydroxyl groups excluding tert-OH is 2. The van der Waals surface area contributed by atoms with E-state index in [9.17, 15) is 10.2 Å². The van der Waals surface area contributed by atoms with Gasteiger partial charge in [-0.3, -0.25) is 0 Å². The number of aromatic nitrogens is 4. The summed E-state index contributed by atoms with van der Waals surface area (Å²) in [7, 11) is 0. The highest BCUT2D eigenvalue weighted by Crippen LogP contribution is 2.24. The zero-order valence-corrected chi connectivity index (χ0v) is 16.5. The van der Waals surface area contributed by atoms with Gasteiger partial charge in [0.15, 0.2) is 5.65 Å². The number of aliphatic hydroxyl groups is 2. The van der Waals surface area contributed by atoms with Gasteiger partial charge in [0.1, 0.15) is 17.2 Å². The van der Waals surface area contributed by atoms with Gasteiger partial charge in [-0.1, -0.05) is 12.1 Å². The molecule has 2 unspecified atom stereocenters. The molecule has 8 nitrogen and oxygen atoms in total. The summed E-state index contributed by atoms with van der Waals surface area (Å²) >= 11 is 0. The van der Waals surface area contributed by atoms with Crippen LogP contribution in [-0.4, -0.2) is 55.9 Å². The first-order chi connectivity index (χ1) is 14.7. The molecule has 30 heavy (non-hydrogen) atoms. The molecule has 0 amide bonds. The van der Waals surface area contributed by atoms with Crippen LogP contribution in [-0.2, 0) is 6.54 Å². The number of benzene rings is 1. The van der Waals surface area contributed by atoms with Gasteiger partial charge in [-0.15, -0.1) is 0 Å². The standard InChI is InChI=1S/C22H24N6O2/c29-13-16-6-8-28(12-19(16)30)21-4-3-17-22(27-21)26-20(11-24-17)25-10-14-1-2-15-5-7-23-18(15)9-14/h1-5,7,9,11,16,19,23,29-30H,6,8,10,12-13H2,(H,25,26,27). The number of H-pyrrole nitrogens is 1.